The maximum Gasteiger partial charge on any atom is 0.387 e. The van der Waals surface area contributed by atoms with E-state index in [9.17, 15) is 18.4 Å². The summed E-state index contributed by atoms with van der Waals surface area (Å²) in [6.45, 7) is -3.04. The summed E-state index contributed by atoms with van der Waals surface area (Å²) in [5.41, 5.74) is 0.109. The van der Waals surface area contributed by atoms with Crippen LogP contribution in [0.25, 0.3) is 11.5 Å². The van der Waals surface area contributed by atoms with Crippen molar-refractivity contribution >= 4 is 5.91 Å². The summed E-state index contributed by atoms with van der Waals surface area (Å²) < 4.78 is 34.4. The monoisotopic (exact) mass is 360 g/mol. The van der Waals surface area contributed by atoms with E-state index < -0.39 is 18.1 Å². The highest BCUT2D eigenvalue weighted by Gasteiger charge is 2.14. The van der Waals surface area contributed by atoms with Crippen molar-refractivity contribution in [2.75, 3.05) is 0 Å². The molecule has 0 aliphatic carbocycles. The fourth-order valence-corrected chi connectivity index (χ4v) is 2.36. The summed E-state index contributed by atoms with van der Waals surface area (Å²) in [6.07, 6.45) is 1.47. The van der Waals surface area contributed by atoms with Gasteiger partial charge in [-0.05, 0) is 30.3 Å². The van der Waals surface area contributed by atoms with Gasteiger partial charge in [0.1, 0.15) is 17.1 Å². The van der Waals surface area contributed by atoms with Gasteiger partial charge in [-0.3, -0.25) is 9.59 Å². The third kappa shape index (κ3) is 3.97. The largest absolute Gasteiger partial charge is 0.463 e. The molecule has 8 heteroatoms. The van der Waals surface area contributed by atoms with Gasteiger partial charge in [-0.1, -0.05) is 18.2 Å². The lowest BCUT2D eigenvalue weighted by molar-refractivity contribution is -0.0504. The van der Waals surface area contributed by atoms with Gasteiger partial charge in [-0.25, -0.2) is 0 Å². The average Bonchev–Trinajstić information content (AvgIpc) is 3.15. The van der Waals surface area contributed by atoms with E-state index >= 15 is 0 Å². The van der Waals surface area contributed by atoms with Gasteiger partial charge in [0.25, 0.3) is 11.5 Å². The minimum atomic E-state index is -2.97. The molecule has 3 aromatic rings. The lowest BCUT2D eigenvalue weighted by Gasteiger charge is -2.11. The summed E-state index contributed by atoms with van der Waals surface area (Å²) in [5, 5.41) is 2.52. The molecule has 3 rings (SSSR count). The Bertz CT molecular complexity index is 952. The molecular weight excluding hydrogens is 346 g/mol. The zero-order chi connectivity index (χ0) is 18.5. The number of hydrogen-bond acceptors (Lipinski definition) is 4. The number of amides is 1. The maximum absolute atomic E-state index is 12.4. The lowest BCUT2D eigenvalue weighted by Crippen LogP contribution is -2.29. The molecule has 1 aromatic carbocycles. The number of ether oxygens (including phenoxy) is 1. The van der Waals surface area contributed by atoms with Crippen molar-refractivity contribution < 1.29 is 22.7 Å². The van der Waals surface area contributed by atoms with Crippen molar-refractivity contribution in [3.63, 3.8) is 0 Å². The van der Waals surface area contributed by atoms with Crippen LogP contribution in [0.5, 0.6) is 5.75 Å². The molecule has 1 amide bonds. The smallest absolute Gasteiger partial charge is 0.387 e. The van der Waals surface area contributed by atoms with Crippen LogP contribution in [-0.4, -0.2) is 17.5 Å². The van der Waals surface area contributed by atoms with Crippen LogP contribution in [0.15, 0.2) is 64.0 Å². The zero-order valence-electron chi connectivity index (χ0n) is 13.4. The number of halogens is 2. The number of nitrogens with one attached hydrogen (secondary N) is 2. The van der Waals surface area contributed by atoms with E-state index in [2.05, 4.69) is 15.0 Å². The van der Waals surface area contributed by atoms with Crippen molar-refractivity contribution in [2.45, 2.75) is 13.2 Å². The Labute approximate surface area is 146 Å². The van der Waals surface area contributed by atoms with Gasteiger partial charge in [-0.2, -0.15) is 8.78 Å². The fourth-order valence-electron chi connectivity index (χ4n) is 2.36. The summed E-state index contributed by atoms with van der Waals surface area (Å²) in [6, 6.07) is 12.3. The molecule has 0 unspecified atom stereocenters. The van der Waals surface area contributed by atoms with Crippen molar-refractivity contribution in [3.05, 3.63) is 76.3 Å². The van der Waals surface area contributed by atoms with Crippen LogP contribution in [0.4, 0.5) is 8.78 Å². The second-order valence-electron chi connectivity index (χ2n) is 5.26. The van der Waals surface area contributed by atoms with Crippen molar-refractivity contribution in [1.29, 1.82) is 0 Å². The van der Waals surface area contributed by atoms with E-state index in [0.717, 1.165) is 0 Å². The molecule has 2 N–H and O–H groups in total. The highest BCUT2D eigenvalue weighted by atomic mass is 19.3. The minimum absolute atomic E-state index is 0.0372. The Morgan fingerprint density at radius 2 is 1.96 bits per heavy atom. The number of carbonyl (C=O) groups is 1. The molecule has 0 saturated heterocycles. The first-order valence-corrected chi connectivity index (χ1v) is 7.62. The molecule has 0 saturated carbocycles. The van der Waals surface area contributed by atoms with Gasteiger partial charge < -0.3 is 19.5 Å². The number of pyridine rings is 1. The van der Waals surface area contributed by atoms with Crippen LogP contribution in [-0.2, 0) is 6.54 Å². The Morgan fingerprint density at radius 1 is 1.15 bits per heavy atom. The number of benzene rings is 1. The third-order valence-electron chi connectivity index (χ3n) is 3.57. The van der Waals surface area contributed by atoms with Gasteiger partial charge in [0.2, 0.25) is 0 Å². The number of aromatic amines is 1. The summed E-state index contributed by atoms with van der Waals surface area (Å²) in [7, 11) is 0. The molecule has 26 heavy (non-hydrogen) atoms. The summed E-state index contributed by atoms with van der Waals surface area (Å²) in [5.74, 6) is -0.207. The second kappa shape index (κ2) is 7.64. The minimum Gasteiger partial charge on any atom is -0.463 e. The van der Waals surface area contributed by atoms with E-state index in [1.165, 1.54) is 18.4 Å². The van der Waals surface area contributed by atoms with E-state index in [1.54, 1.807) is 36.4 Å². The average molecular weight is 360 g/mol. The predicted octanol–water partition coefficient (Wildman–Crippen LogP) is 3.17. The number of hydrogen-bond donors (Lipinski definition) is 2. The van der Waals surface area contributed by atoms with E-state index in [4.69, 9.17) is 4.42 Å². The molecule has 2 aromatic heterocycles. The molecule has 0 aliphatic rings. The third-order valence-corrected chi connectivity index (χ3v) is 3.57. The molecule has 0 atom stereocenters. The fraction of sp³-hybridized carbons (Fsp3) is 0.111. The number of para-hydroxylation sites is 1. The van der Waals surface area contributed by atoms with Gasteiger partial charge in [-0.15, -0.1) is 0 Å². The Morgan fingerprint density at radius 3 is 2.65 bits per heavy atom. The van der Waals surface area contributed by atoms with Gasteiger partial charge in [0.15, 0.2) is 0 Å². The first-order valence-electron chi connectivity index (χ1n) is 7.62. The first kappa shape index (κ1) is 17.4. The van der Waals surface area contributed by atoms with Crippen LogP contribution < -0.4 is 15.6 Å². The molecule has 134 valence electrons. The van der Waals surface area contributed by atoms with Crippen LogP contribution in [0.3, 0.4) is 0 Å². The molecule has 0 spiro atoms. The van der Waals surface area contributed by atoms with Crippen LogP contribution in [0.2, 0.25) is 0 Å². The van der Waals surface area contributed by atoms with Crippen molar-refractivity contribution in [3.8, 4) is 17.2 Å². The normalized spacial score (nSPS) is 10.7. The van der Waals surface area contributed by atoms with Crippen LogP contribution in [0, 0.1) is 0 Å². The Balaban J connectivity index is 1.72. The second-order valence-corrected chi connectivity index (χ2v) is 5.26. The van der Waals surface area contributed by atoms with Gasteiger partial charge in [0.05, 0.1) is 12.0 Å². The molecular formula is C18H14F2N2O4. The molecule has 0 bridgehead atoms. The SMILES string of the molecule is O=C(NCc1ccccc1OC(F)F)c1ccc(-c2ccco2)[nH]c1=O. The quantitative estimate of drug-likeness (QED) is 0.707. The summed E-state index contributed by atoms with van der Waals surface area (Å²) >= 11 is 0. The molecule has 6 nitrogen and oxygen atoms in total. The highest BCUT2D eigenvalue weighted by molar-refractivity contribution is 5.94. The lowest BCUT2D eigenvalue weighted by atomic mass is 10.2. The number of H-pyrrole nitrogens is 1. The highest BCUT2D eigenvalue weighted by Crippen LogP contribution is 2.20. The molecule has 0 radical (unpaired) electrons. The topological polar surface area (TPSA) is 84.3 Å². The number of alkyl halides is 2. The van der Waals surface area contributed by atoms with Gasteiger partial charge in [0, 0.05) is 12.1 Å². The van der Waals surface area contributed by atoms with Crippen LogP contribution in [0.1, 0.15) is 15.9 Å². The first-order chi connectivity index (χ1) is 12.5. The molecule has 2 heterocycles. The van der Waals surface area contributed by atoms with E-state index in [1.807, 2.05) is 0 Å². The number of aromatic nitrogens is 1. The Kier molecular flexibility index (Phi) is 5.12. The zero-order valence-corrected chi connectivity index (χ0v) is 13.4. The molecule has 0 fully saturated rings. The number of furan rings is 1. The van der Waals surface area contributed by atoms with E-state index in [-0.39, 0.29) is 17.9 Å². The van der Waals surface area contributed by atoms with Crippen molar-refractivity contribution in [2.24, 2.45) is 0 Å². The van der Waals surface area contributed by atoms with E-state index in [0.29, 0.717) is 17.0 Å². The number of carbonyl (C=O) groups excluding carboxylic acids is 1. The van der Waals surface area contributed by atoms with Crippen molar-refractivity contribution in [1.82, 2.24) is 10.3 Å². The predicted molar refractivity (Wildman–Crippen MR) is 89.0 cm³/mol. The summed E-state index contributed by atoms with van der Waals surface area (Å²) in [4.78, 5) is 26.9. The van der Waals surface area contributed by atoms with Gasteiger partial charge >= 0.3 is 6.61 Å². The maximum atomic E-state index is 12.4. The van der Waals surface area contributed by atoms with Crippen LogP contribution >= 0.6 is 0 Å². The Hall–Kier alpha value is -3.42. The molecule has 0 aliphatic heterocycles. The standard InChI is InChI=1S/C18H14F2N2O4/c19-18(20)26-14-5-2-1-4-11(14)10-21-16(23)12-7-8-13(22-17(12)24)15-6-3-9-25-15/h1-9,18H,10H2,(H,21,23)(H,22,24). The number of rotatable bonds is 6.